The molecule has 0 fully saturated rings. The summed E-state index contributed by atoms with van der Waals surface area (Å²) >= 11 is 0. The molecule has 7 nitrogen and oxygen atoms in total. The number of nitrogens with zero attached hydrogens (tertiary/aromatic N) is 3. The van der Waals surface area contributed by atoms with Crippen LogP contribution in [-0.4, -0.2) is 22.0 Å². The van der Waals surface area contributed by atoms with E-state index in [1.54, 1.807) is 37.3 Å². The normalized spacial score (nSPS) is 10.3. The number of carbonyl (C=O) groups excluding carboxylic acids is 1. The second-order valence-electron chi connectivity index (χ2n) is 6.61. The summed E-state index contributed by atoms with van der Waals surface area (Å²) in [6.45, 7) is 5.65. The predicted octanol–water partition coefficient (Wildman–Crippen LogP) is 4.44. The number of amides is 1. The van der Waals surface area contributed by atoms with Crippen LogP contribution in [0.2, 0.25) is 0 Å². The maximum absolute atomic E-state index is 12.6. The Morgan fingerprint density at radius 3 is 2.52 bits per heavy atom. The lowest BCUT2D eigenvalue weighted by Crippen LogP contribution is -2.16. The summed E-state index contributed by atoms with van der Waals surface area (Å²) in [7, 11) is 0. The van der Waals surface area contributed by atoms with E-state index in [4.69, 9.17) is 4.74 Å². The number of ether oxygens (including phenoxy) is 1. The van der Waals surface area contributed by atoms with E-state index in [9.17, 15) is 10.1 Å². The number of hydrogen-bond donors (Lipinski definition) is 2. The van der Waals surface area contributed by atoms with Crippen molar-refractivity contribution in [2.45, 2.75) is 26.9 Å². The Hall–Kier alpha value is -3.92. The van der Waals surface area contributed by atoms with Crippen molar-refractivity contribution in [2.75, 3.05) is 10.6 Å². The molecule has 7 heteroatoms. The summed E-state index contributed by atoms with van der Waals surface area (Å²) in [4.78, 5) is 21.2. The number of nitriles is 1. The summed E-state index contributed by atoms with van der Waals surface area (Å²) in [5.41, 5.74) is 1.83. The Kier molecular flexibility index (Phi) is 6.05. The Labute approximate surface area is 169 Å². The Morgan fingerprint density at radius 2 is 1.83 bits per heavy atom. The van der Waals surface area contributed by atoms with Crippen molar-refractivity contribution in [3.8, 4) is 11.8 Å². The van der Waals surface area contributed by atoms with E-state index in [2.05, 4.69) is 26.7 Å². The lowest BCUT2D eigenvalue weighted by Gasteiger charge is -2.12. The SMILES string of the molecule is Cc1nc(Nc2ccc(OC(C)C)cc2)cc(C(=O)Nc2ccccc2C#N)n1. The molecule has 0 spiro atoms. The van der Waals surface area contributed by atoms with Crippen LogP contribution >= 0.6 is 0 Å². The van der Waals surface area contributed by atoms with Crippen molar-refractivity contribution in [3.05, 3.63) is 71.7 Å². The third-order valence-corrected chi connectivity index (χ3v) is 3.86. The van der Waals surface area contributed by atoms with Crippen LogP contribution in [0.15, 0.2) is 54.6 Å². The van der Waals surface area contributed by atoms with E-state index < -0.39 is 5.91 Å². The summed E-state index contributed by atoms with van der Waals surface area (Å²) in [5, 5.41) is 15.1. The highest BCUT2D eigenvalue weighted by Gasteiger charge is 2.13. The van der Waals surface area contributed by atoms with E-state index in [1.165, 1.54) is 0 Å². The van der Waals surface area contributed by atoms with E-state index in [1.807, 2.05) is 38.1 Å². The third kappa shape index (κ3) is 5.30. The monoisotopic (exact) mass is 387 g/mol. The smallest absolute Gasteiger partial charge is 0.274 e. The summed E-state index contributed by atoms with van der Waals surface area (Å²) in [6.07, 6.45) is 0.102. The molecule has 1 aromatic heterocycles. The third-order valence-electron chi connectivity index (χ3n) is 3.86. The van der Waals surface area contributed by atoms with E-state index >= 15 is 0 Å². The molecule has 0 unspecified atom stereocenters. The van der Waals surface area contributed by atoms with Crippen LogP contribution < -0.4 is 15.4 Å². The molecule has 3 rings (SSSR count). The lowest BCUT2D eigenvalue weighted by molar-refractivity contribution is 0.102. The number of nitrogens with one attached hydrogen (secondary N) is 2. The van der Waals surface area contributed by atoms with Crippen molar-refractivity contribution in [3.63, 3.8) is 0 Å². The molecular formula is C22H21N5O2. The molecule has 0 saturated heterocycles. The standard InChI is InChI=1S/C22H21N5O2/c1-14(2)29-18-10-8-17(9-11-18)26-21-12-20(24-15(3)25-21)22(28)27-19-7-5-4-6-16(19)13-23/h4-12,14H,1-3H3,(H,27,28)(H,24,25,26). The first kappa shape index (κ1) is 19.8. The van der Waals surface area contributed by atoms with Crippen molar-refractivity contribution in [2.24, 2.45) is 0 Å². The molecule has 0 saturated carbocycles. The van der Waals surface area contributed by atoms with Crippen LogP contribution in [0, 0.1) is 18.3 Å². The average Bonchev–Trinajstić information content (AvgIpc) is 2.69. The van der Waals surface area contributed by atoms with Gasteiger partial charge in [0.1, 0.15) is 29.2 Å². The van der Waals surface area contributed by atoms with Gasteiger partial charge >= 0.3 is 0 Å². The van der Waals surface area contributed by atoms with E-state index in [0.717, 1.165) is 11.4 Å². The Morgan fingerprint density at radius 1 is 1.10 bits per heavy atom. The lowest BCUT2D eigenvalue weighted by atomic mass is 10.2. The Bertz CT molecular complexity index is 1060. The fraction of sp³-hybridized carbons (Fsp3) is 0.182. The molecular weight excluding hydrogens is 366 g/mol. The Balaban J connectivity index is 1.77. The largest absolute Gasteiger partial charge is 0.491 e. The molecule has 1 heterocycles. The van der Waals surface area contributed by atoms with Gasteiger partial charge in [0.2, 0.25) is 0 Å². The van der Waals surface area contributed by atoms with Crippen molar-refractivity contribution in [1.29, 1.82) is 5.26 Å². The van der Waals surface area contributed by atoms with Crippen LogP contribution in [0.3, 0.4) is 0 Å². The van der Waals surface area contributed by atoms with Gasteiger partial charge in [0.05, 0.1) is 17.4 Å². The minimum atomic E-state index is -0.415. The maximum Gasteiger partial charge on any atom is 0.274 e. The van der Waals surface area contributed by atoms with Crippen LogP contribution in [0.1, 0.15) is 35.7 Å². The number of anilines is 3. The summed E-state index contributed by atoms with van der Waals surface area (Å²) in [5.74, 6) is 1.31. The first-order chi connectivity index (χ1) is 13.9. The van der Waals surface area contributed by atoms with Crippen molar-refractivity contribution in [1.82, 2.24) is 9.97 Å². The molecule has 3 aromatic rings. The van der Waals surface area contributed by atoms with Gasteiger partial charge in [-0.25, -0.2) is 9.97 Å². The molecule has 0 radical (unpaired) electrons. The van der Waals surface area contributed by atoms with Gasteiger partial charge in [-0.05, 0) is 57.2 Å². The van der Waals surface area contributed by atoms with Gasteiger partial charge in [0.25, 0.3) is 5.91 Å². The molecule has 0 aliphatic rings. The van der Waals surface area contributed by atoms with Gasteiger partial charge < -0.3 is 15.4 Å². The molecule has 0 bridgehead atoms. The van der Waals surface area contributed by atoms with Gasteiger partial charge in [0.15, 0.2) is 0 Å². The summed E-state index contributed by atoms with van der Waals surface area (Å²) < 4.78 is 5.64. The zero-order chi connectivity index (χ0) is 20.8. The number of carbonyl (C=O) groups is 1. The van der Waals surface area contributed by atoms with Gasteiger partial charge in [0, 0.05) is 11.8 Å². The van der Waals surface area contributed by atoms with E-state index in [0.29, 0.717) is 22.9 Å². The molecule has 146 valence electrons. The zero-order valence-corrected chi connectivity index (χ0v) is 16.4. The number of aromatic nitrogens is 2. The van der Waals surface area contributed by atoms with Crippen molar-refractivity contribution < 1.29 is 9.53 Å². The molecule has 0 aliphatic heterocycles. The number of aryl methyl sites for hydroxylation is 1. The van der Waals surface area contributed by atoms with Gasteiger partial charge in [-0.2, -0.15) is 5.26 Å². The second-order valence-corrected chi connectivity index (χ2v) is 6.61. The highest BCUT2D eigenvalue weighted by molar-refractivity contribution is 6.04. The summed E-state index contributed by atoms with van der Waals surface area (Å²) in [6, 6.07) is 17.9. The number of hydrogen-bond acceptors (Lipinski definition) is 6. The fourth-order valence-electron chi connectivity index (χ4n) is 2.66. The molecule has 29 heavy (non-hydrogen) atoms. The van der Waals surface area contributed by atoms with Crippen molar-refractivity contribution >= 4 is 23.1 Å². The molecule has 1 amide bonds. The zero-order valence-electron chi connectivity index (χ0n) is 16.4. The number of rotatable bonds is 6. The highest BCUT2D eigenvalue weighted by Crippen LogP contribution is 2.21. The van der Waals surface area contributed by atoms with Gasteiger partial charge in [-0.3, -0.25) is 4.79 Å². The number of para-hydroxylation sites is 1. The molecule has 0 atom stereocenters. The first-order valence-electron chi connectivity index (χ1n) is 9.14. The van der Waals surface area contributed by atoms with Crippen LogP contribution in [0.4, 0.5) is 17.2 Å². The minimum Gasteiger partial charge on any atom is -0.491 e. The van der Waals surface area contributed by atoms with Crippen LogP contribution in [0.25, 0.3) is 0 Å². The minimum absolute atomic E-state index is 0.102. The van der Waals surface area contributed by atoms with Gasteiger partial charge in [-0.1, -0.05) is 12.1 Å². The highest BCUT2D eigenvalue weighted by atomic mass is 16.5. The quantitative estimate of drug-likeness (QED) is 0.649. The topological polar surface area (TPSA) is 99.9 Å². The predicted molar refractivity (Wildman–Crippen MR) is 111 cm³/mol. The number of benzene rings is 2. The average molecular weight is 387 g/mol. The maximum atomic E-state index is 12.6. The fourth-order valence-corrected chi connectivity index (χ4v) is 2.66. The first-order valence-corrected chi connectivity index (χ1v) is 9.14. The van der Waals surface area contributed by atoms with Crippen LogP contribution in [-0.2, 0) is 0 Å². The van der Waals surface area contributed by atoms with Crippen LogP contribution in [0.5, 0.6) is 5.75 Å². The van der Waals surface area contributed by atoms with E-state index in [-0.39, 0.29) is 11.8 Å². The second kappa shape index (κ2) is 8.85. The molecule has 2 aromatic carbocycles. The van der Waals surface area contributed by atoms with Gasteiger partial charge in [-0.15, -0.1) is 0 Å². The molecule has 0 aliphatic carbocycles. The molecule has 2 N–H and O–H groups in total.